The summed E-state index contributed by atoms with van der Waals surface area (Å²) in [4.78, 5) is 24.5. The molecule has 0 aliphatic carbocycles. The molecule has 0 unspecified atom stereocenters. The second-order valence-corrected chi connectivity index (χ2v) is 6.29. The van der Waals surface area contributed by atoms with E-state index >= 15 is 0 Å². The van der Waals surface area contributed by atoms with Crippen molar-refractivity contribution in [3.05, 3.63) is 16.0 Å². The standard InChI is InChI=1S/C14H21NO4S/c1-6-18-12(16)8-9(14(3,4)5)10(20-11(8)15)13(17)19-7-2/h6-7,15H2,1-5H3. The maximum atomic E-state index is 12.1. The number of carbonyl (C=O) groups excluding carboxylic acids is 2. The SMILES string of the molecule is CCOC(=O)c1sc(N)c(C(=O)OCC)c1C(C)(C)C. The van der Waals surface area contributed by atoms with Gasteiger partial charge in [-0.3, -0.25) is 0 Å². The Morgan fingerprint density at radius 2 is 1.60 bits per heavy atom. The molecule has 6 heteroatoms. The quantitative estimate of drug-likeness (QED) is 0.865. The first-order chi connectivity index (χ1) is 9.23. The fraction of sp³-hybridized carbons (Fsp3) is 0.571. The molecule has 0 saturated heterocycles. The average Bonchev–Trinajstić information content (AvgIpc) is 2.67. The van der Waals surface area contributed by atoms with E-state index in [-0.39, 0.29) is 23.8 Å². The third-order valence-electron chi connectivity index (χ3n) is 2.63. The van der Waals surface area contributed by atoms with Crippen molar-refractivity contribution in [1.29, 1.82) is 0 Å². The van der Waals surface area contributed by atoms with Crippen molar-refractivity contribution < 1.29 is 19.1 Å². The first-order valence-corrected chi connectivity index (χ1v) is 7.32. The number of ether oxygens (including phenoxy) is 2. The number of carbonyl (C=O) groups is 2. The molecule has 0 spiro atoms. The predicted molar refractivity (Wildman–Crippen MR) is 79.3 cm³/mol. The van der Waals surface area contributed by atoms with Gasteiger partial charge in [0.05, 0.1) is 18.8 Å². The lowest BCUT2D eigenvalue weighted by molar-refractivity contribution is 0.0525. The van der Waals surface area contributed by atoms with Crippen molar-refractivity contribution in [2.75, 3.05) is 18.9 Å². The fourth-order valence-electron chi connectivity index (χ4n) is 1.91. The minimum atomic E-state index is -0.498. The highest BCUT2D eigenvalue weighted by molar-refractivity contribution is 7.18. The van der Waals surface area contributed by atoms with Gasteiger partial charge in [0, 0.05) is 0 Å². The first-order valence-electron chi connectivity index (χ1n) is 6.50. The van der Waals surface area contributed by atoms with Crippen molar-refractivity contribution in [3.8, 4) is 0 Å². The highest BCUT2D eigenvalue weighted by atomic mass is 32.1. The van der Waals surface area contributed by atoms with E-state index in [0.717, 1.165) is 11.3 Å². The molecule has 0 bridgehead atoms. The summed E-state index contributed by atoms with van der Waals surface area (Å²) in [5, 5.41) is 0.288. The lowest BCUT2D eigenvalue weighted by Gasteiger charge is -2.21. The van der Waals surface area contributed by atoms with Crippen LogP contribution in [-0.2, 0) is 14.9 Å². The number of hydrogen-bond donors (Lipinski definition) is 1. The van der Waals surface area contributed by atoms with Crippen LogP contribution in [0, 0.1) is 0 Å². The highest BCUT2D eigenvalue weighted by Crippen LogP contribution is 2.39. The largest absolute Gasteiger partial charge is 0.462 e. The lowest BCUT2D eigenvalue weighted by atomic mass is 9.84. The van der Waals surface area contributed by atoms with E-state index in [9.17, 15) is 9.59 Å². The molecule has 0 aliphatic heterocycles. The van der Waals surface area contributed by atoms with Gasteiger partial charge in [-0.15, -0.1) is 11.3 Å². The van der Waals surface area contributed by atoms with Crippen LogP contribution >= 0.6 is 11.3 Å². The lowest BCUT2D eigenvalue weighted by Crippen LogP contribution is -2.21. The maximum Gasteiger partial charge on any atom is 0.348 e. The van der Waals surface area contributed by atoms with Gasteiger partial charge < -0.3 is 15.2 Å². The molecule has 0 aliphatic rings. The van der Waals surface area contributed by atoms with Crippen LogP contribution in [-0.4, -0.2) is 25.2 Å². The smallest absolute Gasteiger partial charge is 0.348 e. The van der Waals surface area contributed by atoms with E-state index in [1.165, 1.54) is 0 Å². The van der Waals surface area contributed by atoms with Crippen LogP contribution in [0.2, 0.25) is 0 Å². The van der Waals surface area contributed by atoms with Crippen LogP contribution < -0.4 is 5.73 Å². The highest BCUT2D eigenvalue weighted by Gasteiger charge is 2.34. The summed E-state index contributed by atoms with van der Waals surface area (Å²) < 4.78 is 10.1. The van der Waals surface area contributed by atoms with Crippen molar-refractivity contribution in [2.24, 2.45) is 0 Å². The molecule has 0 aromatic carbocycles. The van der Waals surface area contributed by atoms with Gasteiger partial charge in [-0.05, 0) is 24.8 Å². The Morgan fingerprint density at radius 3 is 2.05 bits per heavy atom. The van der Waals surface area contributed by atoms with Crippen LogP contribution in [0.25, 0.3) is 0 Å². The first kappa shape index (κ1) is 16.5. The molecule has 0 amide bonds. The Balaban J connectivity index is 3.45. The molecule has 20 heavy (non-hydrogen) atoms. The molecule has 1 aromatic heterocycles. The van der Waals surface area contributed by atoms with Crippen LogP contribution in [0.3, 0.4) is 0 Å². The van der Waals surface area contributed by atoms with Crippen LogP contribution in [0.5, 0.6) is 0 Å². The van der Waals surface area contributed by atoms with Gasteiger partial charge in [-0.25, -0.2) is 9.59 Å². The summed E-state index contributed by atoms with van der Waals surface area (Å²) in [5.41, 5.74) is 6.37. The Labute approximate surface area is 123 Å². The topological polar surface area (TPSA) is 78.6 Å². The molecule has 2 N–H and O–H groups in total. The van der Waals surface area contributed by atoms with Crippen molar-refractivity contribution in [2.45, 2.75) is 40.0 Å². The Hall–Kier alpha value is -1.56. The number of thiophene rings is 1. The monoisotopic (exact) mass is 299 g/mol. The second kappa shape index (κ2) is 6.26. The van der Waals surface area contributed by atoms with Crippen molar-refractivity contribution in [1.82, 2.24) is 0 Å². The van der Waals surface area contributed by atoms with Crippen LogP contribution in [0.15, 0.2) is 0 Å². The van der Waals surface area contributed by atoms with E-state index in [0.29, 0.717) is 10.4 Å². The van der Waals surface area contributed by atoms with Gasteiger partial charge in [-0.1, -0.05) is 20.8 Å². The van der Waals surface area contributed by atoms with Gasteiger partial charge in [-0.2, -0.15) is 0 Å². The zero-order valence-electron chi connectivity index (χ0n) is 12.5. The third-order valence-corrected chi connectivity index (χ3v) is 3.62. The van der Waals surface area contributed by atoms with E-state index < -0.39 is 17.4 Å². The summed E-state index contributed by atoms with van der Waals surface area (Å²) in [6, 6.07) is 0. The van der Waals surface area contributed by atoms with Crippen LogP contribution in [0.1, 0.15) is 60.2 Å². The summed E-state index contributed by atoms with van der Waals surface area (Å²) >= 11 is 1.07. The van der Waals surface area contributed by atoms with Gasteiger partial charge >= 0.3 is 11.9 Å². The van der Waals surface area contributed by atoms with Gasteiger partial charge in [0.15, 0.2) is 0 Å². The number of anilines is 1. The second-order valence-electron chi connectivity index (χ2n) is 5.24. The molecule has 0 saturated carbocycles. The fourth-order valence-corrected chi connectivity index (χ4v) is 3.07. The van der Waals surface area contributed by atoms with E-state index in [1.807, 2.05) is 20.8 Å². The number of nitrogen functional groups attached to an aromatic ring is 1. The zero-order chi connectivity index (χ0) is 15.5. The minimum Gasteiger partial charge on any atom is -0.462 e. The molecule has 1 rings (SSSR count). The zero-order valence-corrected chi connectivity index (χ0v) is 13.3. The molecule has 112 valence electrons. The Kier molecular flexibility index (Phi) is 5.16. The number of rotatable bonds is 4. The van der Waals surface area contributed by atoms with Crippen molar-refractivity contribution >= 4 is 28.3 Å². The molecule has 1 heterocycles. The molecular weight excluding hydrogens is 278 g/mol. The summed E-state index contributed by atoms with van der Waals surface area (Å²) in [7, 11) is 0. The van der Waals surface area contributed by atoms with E-state index in [2.05, 4.69) is 0 Å². The maximum absolute atomic E-state index is 12.1. The molecule has 0 radical (unpaired) electrons. The van der Waals surface area contributed by atoms with E-state index in [4.69, 9.17) is 15.2 Å². The summed E-state index contributed by atoms with van der Waals surface area (Å²) in [6.45, 7) is 9.74. The number of hydrogen-bond acceptors (Lipinski definition) is 6. The Bertz CT molecular complexity index is 514. The molecule has 1 aromatic rings. The minimum absolute atomic E-state index is 0.256. The Morgan fingerprint density at radius 1 is 1.10 bits per heavy atom. The molecule has 5 nitrogen and oxygen atoms in total. The summed E-state index contributed by atoms with van der Waals surface area (Å²) in [6.07, 6.45) is 0. The van der Waals surface area contributed by atoms with Gasteiger partial charge in [0.2, 0.25) is 0 Å². The molecular formula is C14H21NO4S. The van der Waals surface area contributed by atoms with Gasteiger partial charge in [0.25, 0.3) is 0 Å². The predicted octanol–water partition coefficient (Wildman–Crippen LogP) is 2.98. The molecule has 0 atom stereocenters. The van der Waals surface area contributed by atoms with Gasteiger partial charge in [0.1, 0.15) is 9.88 Å². The van der Waals surface area contributed by atoms with E-state index in [1.54, 1.807) is 13.8 Å². The summed E-state index contributed by atoms with van der Waals surface area (Å²) in [5.74, 6) is -0.952. The third kappa shape index (κ3) is 3.30. The normalized spacial score (nSPS) is 11.2. The number of esters is 2. The van der Waals surface area contributed by atoms with Crippen molar-refractivity contribution in [3.63, 3.8) is 0 Å². The molecule has 0 fully saturated rings. The van der Waals surface area contributed by atoms with Crippen LogP contribution in [0.4, 0.5) is 5.00 Å². The average molecular weight is 299 g/mol. The number of nitrogens with two attached hydrogens (primary N) is 1.